The maximum atomic E-state index is 3.53. The van der Waals surface area contributed by atoms with Crippen LogP contribution in [0.2, 0.25) is 0 Å². The summed E-state index contributed by atoms with van der Waals surface area (Å²) >= 11 is 1.98. The van der Waals surface area contributed by atoms with Gasteiger partial charge < -0.3 is 5.32 Å². The van der Waals surface area contributed by atoms with E-state index in [0.717, 1.165) is 12.5 Å². The minimum atomic E-state index is 0.458. The zero-order chi connectivity index (χ0) is 14.1. The molecule has 1 atom stereocenters. The Labute approximate surface area is 123 Å². The average molecular weight is 279 g/mol. The lowest BCUT2D eigenvalue weighted by molar-refractivity contribution is 0.570. The van der Waals surface area contributed by atoms with Gasteiger partial charge in [-0.25, -0.2) is 0 Å². The van der Waals surface area contributed by atoms with Gasteiger partial charge in [-0.1, -0.05) is 39.3 Å². The van der Waals surface area contributed by atoms with E-state index in [1.807, 2.05) is 11.8 Å². The maximum Gasteiger partial charge on any atom is 0.0291 e. The fourth-order valence-electron chi connectivity index (χ4n) is 2.01. The molecule has 0 aliphatic carbocycles. The van der Waals surface area contributed by atoms with Gasteiger partial charge in [0.2, 0.25) is 0 Å². The predicted octanol–water partition coefficient (Wildman–Crippen LogP) is 5.28. The second-order valence-corrected chi connectivity index (χ2v) is 6.80. The van der Waals surface area contributed by atoms with E-state index in [1.165, 1.54) is 35.5 Å². The molecule has 1 aromatic carbocycles. The summed E-state index contributed by atoms with van der Waals surface area (Å²) in [6.07, 6.45) is 3.84. The molecule has 1 nitrogen and oxygen atoms in total. The summed E-state index contributed by atoms with van der Waals surface area (Å²) in [5.74, 6) is 2.06. The van der Waals surface area contributed by atoms with Crippen molar-refractivity contribution in [1.82, 2.24) is 5.32 Å². The highest BCUT2D eigenvalue weighted by Crippen LogP contribution is 2.22. The Morgan fingerprint density at radius 2 is 1.79 bits per heavy atom. The minimum absolute atomic E-state index is 0.458. The third-order valence-electron chi connectivity index (χ3n) is 3.28. The van der Waals surface area contributed by atoms with Crippen LogP contribution in [0.3, 0.4) is 0 Å². The van der Waals surface area contributed by atoms with Crippen molar-refractivity contribution in [1.29, 1.82) is 0 Å². The summed E-state index contributed by atoms with van der Waals surface area (Å²) in [6.45, 7) is 10.1. The fourth-order valence-corrected chi connectivity index (χ4v) is 2.89. The topological polar surface area (TPSA) is 12.0 Å². The van der Waals surface area contributed by atoms with Gasteiger partial charge in [0.05, 0.1) is 0 Å². The Morgan fingerprint density at radius 1 is 1.11 bits per heavy atom. The van der Waals surface area contributed by atoms with Crippen LogP contribution in [0.25, 0.3) is 0 Å². The molecule has 1 rings (SSSR count). The number of nitrogens with one attached hydrogen (secondary N) is 1. The van der Waals surface area contributed by atoms with Crippen LogP contribution >= 0.6 is 11.8 Å². The zero-order valence-corrected chi connectivity index (χ0v) is 13.7. The van der Waals surface area contributed by atoms with Gasteiger partial charge in [-0.2, -0.15) is 0 Å². The smallest absolute Gasteiger partial charge is 0.0291 e. The molecule has 0 saturated carbocycles. The maximum absolute atomic E-state index is 3.53. The summed E-state index contributed by atoms with van der Waals surface area (Å²) in [6, 6.07) is 9.51. The van der Waals surface area contributed by atoms with Gasteiger partial charge in [-0.3, -0.25) is 0 Å². The van der Waals surface area contributed by atoms with Crippen molar-refractivity contribution in [2.45, 2.75) is 57.9 Å². The molecule has 2 heteroatoms. The standard InChI is InChI=1S/C17H29NS/c1-5-12-18-15(4)16-8-10-17(11-9-16)19-13-6-7-14(2)3/h8-11,14-15,18H,5-7,12-13H2,1-4H3. The van der Waals surface area contributed by atoms with E-state index < -0.39 is 0 Å². The van der Waals surface area contributed by atoms with Crippen LogP contribution in [0.15, 0.2) is 29.2 Å². The van der Waals surface area contributed by atoms with E-state index in [2.05, 4.69) is 57.3 Å². The molecule has 0 aromatic heterocycles. The molecule has 1 N–H and O–H groups in total. The van der Waals surface area contributed by atoms with Crippen LogP contribution in [0.5, 0.6) is 0 Å². The number of thioether (sulfide) groups is 1. The number of rotatable bonds is 9. The molecule has 108 valence electrons. The Hall–Kier alpha value is -0.470. The lowest BCUT2D eigenvalue weighted by Crippen LogP contribution is -2.19. The quantitative estimate of drug-likeness (QED) is 0.488. The number of benzene rings is 1. The summed E-state index contributed by atoms with van der Waals surface area (Å²) < 4.78 is 0. The summed E-state index contributed by atoms with van der Waals surface area (Å²) in [5.41, 5.74) is 1.39. The summed E-state index contributed by atoms with van der Waals surface area (Å²) in [7, 11) is 0. The Morgan fingerprint density at radius 3 is 2.37 bits per heavy atom. The van der Waals surface area contributed by atoms with Crippen LogP contribution in [-0.2, 0) is 0 Å². The molecule has 19 heavy (non-hydrogen) atoms. The Balaban J connectivity index is 2.34. The van der Waals surface area contributed by atoms with Crippen molar-refractivity contribution < 1.29 is 0 Å². The molecule has 0 bridgehead atoms. The molecule has 0 spiro atoms. The van der Waals surface area contributed by atoms with Gasteiger partial charge in [-0.15, -0.1) is 11.8 Å². The lowest BCUT2D eigenvalue weighted by Gasteiger charge is -2.14. The molecule has 1 unspecified atom stereocenters. The van der Waals surface area contributed by atoms with E-state index in [0.29, 0.717) is 6.04 Å². The largest absolute Gasteiger partial charge is 0.310 e. The SMILES string of the molecule is CCCNC(C)c1ccc(SCCCC(C)C)cc1. The first kappa shape index (κ1) is 16.6. The van der Waals surface area contributed by atoms with Crippen molar-refractivity contribution in [3.8, 4) is 0 Å². The number of hydrogen-bond acceptors (Lipinski definition) is 2. The van der Waals surface area contributed by atoms with Crippen LogP contribution in [0.1, 0.15) is 58.6 Å². The molecular formula is C17H29NS. The lowest BCUT2D eigenvalue weighted by atomic mass is 10.1. The molecule has 0 radical (unpaired) electrons. The zero-order valence-electron chi connectivity index (χ0n) is 12.9. The van der Waals surface area contributed by atoms with Crippen molar-refractivity contribution in [3.05, 3.63) is 29.8 Å². The molecule has 0 fully saturated rings. The van der Waals surface area contributed by atoms with E-state index in [9.17, 15) is 0 Å². The third-order valence-corrected chi connectivity index (χ3v) is 4.37. The Kier molecular flexibility index (Phi) is 8.24. The first-order chi connectivity index (χ1) is 9.13. The molecule has 0 aliphatic rings. The van der Waals surface area contributed by atoms with E-state index in [1.54, 1.807) is 0 Å². The predicted molar refractivity (Wildman–Crippen MR) is 87.9 cm³/mol. The minimum Gasteiger partial charge on any atom is -0.310 e. The monoisotopic (exact) mass is 279 g/mol. The highest BCUT2D eigenvalue weighted by atomic mass is 32.2. The van der Waals surface area contributed by atoms with E-state index in [4.69, 9.17) is 0 Å². The fraction of sp³-hybridized carbons (Fsp3) is 0.647. The summed E-state index contributed by atoms with van der Waals surface area (Å²) in [5, 5.41) is 3.53. The van der Waals surface area contributed by atoms with Crippen molar-refractivity contribution in [2.75, 3.05) is 12.3 Å². The molecule has 0 saturated heterocycles. The van der Waals surface area contributed by atoms with Crippen LogP contribution in [-0.4, -0.2) is 12.3 Å². The van der Waals surface area contributed by atoms with E-state index >= 15 is 0 Å². The van der Waals surface area contributed by atoms with E-state index in [-0.39, 0.29) is 0 Å². The van der Waals surface area contributed by atoms with Crippen molar-refractivity contribution in [3.63, 3.8) is 0 Å². The second-order valence-electron chi connectivity index (χ2n) is 5.63. The number of hydrogen-bond donors (Lipinski definition) is 1. The molecule has 1 aromatic rings. The van der Waals surface area contributed by atoms with Gasteiger partial charge in [0.15, 0.2) is 0 Å². The van der Waals surface area contributed by atoms with Gasteiger partial charge in [0.25, 0.3) is 0 Å². The molecule has 0 heterocycles. The Bertz CT molecular complexity index is 332. The highest BCUT2D eigenvalue weighted by Gasteiger charge is 2.04. The highest BCUT2D eigenvalue weighted by molar-refractivity contribution is 7.99. The first-order valence-corrected chi connectivity index (χ1v) is 8.58. The molecule has 0 amide bonds. The van der Waals surface area contributed by atoms with Crippen LogP contribution in [0.4, 0.5) is 0 Å². The van der Waals surface area contributed by atoms with Gasteiger partial charge in [0.1, 0.15) is 0 Å². The van der Waals surface area contributed by atoms with Gasteiger partial charge in [-0.05, 0) is 55.7 Å². The normalized spacial score (nSPS) is 12.9. The summed E-state index contributed by atoms with van der Waals surface area (Å²) in [4.78, 5) is 1.40. The molecule has 0 aliphatic heterocycles. The third kappa shape index (κ3) is 7.03. The van der Waals surface area contributed by atoms with Gasteiger partial charge in [0, 0.05) is 10.9 Å². The van der Waals surface area contributed by atoms with Crippen molar-refractivity contribution >= 4 is 11.8 Å². The van der Waals surface area contributed by atoms with Gasteiger partial charge >= 0.3 is 0 Å². The molecular weight excluding hydrogens is 250 g/mol. The van der Waals surface area contributed by atoms with Crippen molar-refractivity contribution in [2.24, 2.45) is 5.92 Å². The first-order valence-electron chi connectivity index (χ1n) is 7.59. The second kappa shape index (κ2) is 9.44. The van der Waals surface area contributed by atoms with Crippen LogP contribution < -0.4 is 5.32 Å². The van der Waals surface area contributed by atoms with Crippen LogP contribution in [0, 0.1) is 5.92 Å². The average Bonchev–Trinajstić information content (AvgIpc) is 2.41.